The Balaban J connectivity index is -0.0000000674. The molecule has 0 aliphatic heterocycles. The Hall–Kier alpha value is -1.92. The Kier molecular flexibility index (Phi) is 31.6. The zero-order valence-corrected chi connectivity index (χ0v) is 20.8. The van der Waals surface area contributed by atoms with Crippen LogP contribution in [0.4, 0.5) is 0 Å². The highest BCUT2D eigenvalue weighted by molar-refractivity contribution is 5.77. The van der Waals surface area contributed by atoms with E-state index in [9.17, 15) is 19.2 Å². The molecule has 0 aromatic rings. The predicted octanol–water partition coefficient (Wildman–Crippen LogP) is 5.60. The van der Waals surface area contributed by atoms with Crippen molar-refractivity contribution in [3.63, 3.8) is 0 Å². The maximum atomic E-state index is 10.9. The summed E-state index contributed by atoms with van der Waals surface area (Å²) in [7, 11) is 1.64. The Morgan fingerprint density at radius 3 is 1.06 bits per heavy atom. The van der Waals surface area contributed by atoms with E-state index in [1.165, 1.54) is 0 Å². The average molecular weight is 452 g/mol. The Morgan fingerprint density at radius 1 is 0.742 bits per heavy atom. The van der Waals surface area contributed by atoms with E-state index >= 15 is 0 Å². The fourth-order valence-electron chi connectivity index (χ4n) is 0.708. The largest absolute Gasteiger partial charge is 0.481 e. The predicted molar refractivity (Wildman–Crippen MR) is 131 cm³/mol. The summed E-state index contributed by atoms with van der Waals surface area (Å²) in [5.41, 5.74) is -0.346. The molecule has 0 heterocycles. The minimum absolute atomic E-state index is 0. The van der Waals surface area contributed by atoms with Gasteiger partial charge >= 0.3 is 11.9 Å². The molecule has 0 aliphatic carbocycles. The summed E-state index contributed by atoms with van der Waals surface area (Å²) in [6.45, 7) is 21.6. The van der Waals surface area contributed by atoms with E-state index in [2.05, 4.69) is 5.32 Å². The normalized spacial score (nSPS) is 9.45. The van der Waals surface area contributed by atoms with Gasteiger partial charge in [-0.15, -0.1) is 0 Å². The Morgan fingerprint density at radius 2 is 1.03 bits per heavy atom. The molecule has 0 bridgehead atoms. The monoisotopic (exact) mass is 451 g/mol. The van der Waals surface area contributed by atoms with Gasteiger partial charge in [0.2, 0.25) is 5.91 Å². The van der Waals surface area contributed by atoms with Crippen LogP contribution < -0.4 is 5.32 Å². The third-order valence-electron chi connectivity index (χ3n) is 2.96. The van der Waals surface area contributed by atoms with Crippen LogP contribution in [-0.4, -0.2) is 41.4 Å². The number of aliphatic carboxylic acids is 1. The Labute approximate surface area is 192 Å². The van der Waals surface area contributed by atoms with Crippen molar-refractivity contribution in [1.29, 1.82) is 0 Å². The summed E-state index contributed by atoms with van der Waals surface area (Å²) in [5, 5.41) is 10.5. The fourth-order valence-corrected chi connectivity index (χ4v) is 0.708. The molecule has 0 atom stereocenters. The zero-order valence-electron chi connectivity index (χ0n) is 20.8. The Bertz CT molecular complexity index is 457. The molecule has 0 aliphatic rings. The number of hydrogen-bond donors (Lipinski definition) is 2. The van der Waals surface area contributed by atoms with Crippen LogP contribution in [0.1, 0.15) is 97.9 Å². The summed E-state index contributed by atoms with van der Waals surface area (Å²) in [4.78, 5) is 41.2. The van der Waals surface area contributed by atoms with Gasteiger partial charge in [-0.05, 0) is 27.7 Å². The van der Waals surface area contributed by atoms with Crippen LogP contribution in [0.25, 0.3) is 0 Å². The lowest BCUT2D eigenvalue weighted by Crippen LogP contribution is -2.26. The second-order valence-electron chi connectivity index (χ2n) is 8.72. The summed E-state index contributed by atoms with van der Waals surface area (Å²) in [5.74, 6) is -0.447. The molecular weight excluding hydrogens is 398 g/mol. The molecule has 0 spiro atoms. The topological polar surface area (TPSA) is 110 Å². The lowest BCUT2D eigenvalue weighted by atomic mass is 10.1. The van der Waals surface area contributed by atoms with Crippen molar-refractivity contribution in [3.8, 4) is 0 Å². The van der Waals surface area contributed by atoms with Crippen LogP contribution >= 0.6 is 0 Å². The number of nitrogens with one attached hydrogen (secondary N) is 1. The van der Waals surface area contributed by atoms with Gasteiger partial charge in [-0.25, -0.2) is 0 Å². The molecule has 190 valence electrons. The number of esters is 1. The summed E-state index contributed by atoms with van der Waals surface area (Å²) in [6.07, 6.45) is 0. The van der Waals surface area contributed by atoms with E-state index in [0.717, 1.165) is 0 Å². The second kappa shape index (κ2) is 22.8. The van der Waals surface area contributed by atoms with Crippen molar-refractivity contribution in [1.82, 2.24) is 5.32 Å². The van der Waals surface area contributed by atoms with E-state index in [1.807, 2.05) is 62.3 Å². The number of hydrogen-bond acceptors (Lipinski definition) is 5. The quantitative estimate of drug-likeness (QED) is 0.538. The van der Waals surface area contributed by atoms with Crippen molar-refractivity contribution in [2.75, 3.05) is 7.05 Å². The van der Waals surface area contributed by atoms with Gasteiger partial charge in [0.15, 0.2) is 0 Å². The molecule has 0 saturated carbocycles. The van der Waals surface area contributed by atoms with Crippen LogP contribution in [-0.2, 0) is 23.9 Å². The first-order valence-corrected chi connectivity index (χ1v) is 9.97. The molecule has 0 rings (SSSR count). The number of Topliss-reactive ketones (excluding diaryl/α,β-unsaturated/α-hetero) is 1. The van der Waals surface area contributed by atoms with Crippen molar-refractivity contribution >= 4 is 23.6 Å². The summed E-state index contributed by atoms with van der Waals surface area (Å²) < 4.78 is 5.06. The van der Waals surface area contributed by atoms with Gasteiger partial charge in [0.25, 0.3) is 0 Å². The lowest BCUT2D eigenvalue weighted by molar-refractivity contribution is -0.158. The third kappa shape index (κ3) is 43.0. The second-order valence-corrected chi connectivity index (χ2v) is 8.72. The first-order chi connectivity index (χ1) is 12.8. The standard InChI is InChI=1S/C8H16O2.C5H11NO.C5H10O.C4H8O2.2CH4/c1-6(2)7(9)10-8(3,4)5;1-4(2)5(7)6-3;1-4(2)5(3)6;1-3(2)4(5)6;;/h6H,1-5H3;4H,1-3H3,(H,6,7);4H,1-3H3;3H,1-2H3,(H,5,6);2*1H4. The van der Waals surface area contributed by atoms with Crippen molar-refractivity contribution < 1.29 is 29.0 Å². The summed E-state index contributed by atoms with van der Waals surface area (Å²) >= 11 is 0. The molecule has 0 saturated heterocycles. The lowest BCUT2D eigenvalue weighted by Gasteiger charge is -2.20. The molecular formula is C24H53NO6. The smallest absolute Gasteiger partial charge is 0.308 e. The van der Waals surface area contributed by atoms with Gasteiger partial charge in [0.1, 0.15) is 11.4 Å². The first-order valence-electron chi connectivity index (χ1n) is 9.97. The van der Waals surface area contributed by atoms with Gasteiger partial charge in [0, 0.05) is 18.9 Å². The van der Waals surface area contributed by atoms with E-state index < -0.39 is 5.97 Å². The summed E-state index contributed by atoms with van der Waals surface area (Å²) in [6, 6.07) is 0. The highest BCUT2D eigenvalue weighted by atomic mass is 16.6. The van der Waals surface area contributed by atoms with Crippen molar-refractivity contribution in [2.24, 2.45) is 23.7 Å². The maximum Gasteiger partial charge on any atom is 0.308 e. The van der Waals surface area contributed by atoms with Crippen LogP contribution in [0, 0.1) is 23.7 Å². The molecule has 1 amide bonds. The SMILES string of the molecule is C.C.CC(=O)C(C)C.CC(C)C(=O)O.CC(C)C(=O)OC(C)(C)C.CNC(=O)C(C)C. The molecule has 2 N–H and O–H groups in total. The first kappa shape index (κ1) is 43.0. The number of ether oxygens (including phenoxy) is 1. The van der Waals surface area contributed by atoms with Crippen LogP contribution in [0.3, 0.4) is 0 Å². The molecule has 0 fully saturated rings. The third-order valence-corrected chi connectivity index (χ3v) is 2.96. The number of amides is 1. The van der Waals surface area contributed by atoms with Crippen molar-refractivity contribution in [3.05, 3.63) is 0 Å². The van der Waals surface area contributed by atoms with Gasteiger partial charge in [0.05, 0.1) is 11.8 Å². The van der Waals surface area contributed by atoms with Crippen molar-refractivity contribution in [2.45, 2.75) is 104 Å². The maximum absolute atomic E-state index is 10.9. The number of ketones is 1. The minimum atomic E-state index is -0.741. The van der Waals surface area contributed by atoms with Gasteiger partial charge in [-0.1, -0.05) is 70.2 Å². The molecule has 7 nitrogen and oxygen atoms in total. The highest BCUT2D eigenvalue weighted by Crippen LogP contribution is 2.10. The molecule has 7 heteroatoms. The van der Waals surface area contributed by atoms with E-state index in [-0.39, 0.29) is 61.8 Å². The highest BCUT2D eigenvalue weighted by Gasteiger charge is 2.18. The number of carbonyl (C=O) groups excluding carboxylic acids is 3. The molecule has 0 aromatic heterocycles. The molecule has 0 radical (unpaired) electrons. The van der Waals surface area contributed by atoms with Gasteiger partial charge in [-0.2, -0.15) is 0 Å². The van der Waals surface area contributed by atoms with Gasteiger partial charge in [-0.3, -0.25) is 19.2 Å². The number of carboxylic acid groups (broad SMARTS) is 1. The fraction of sp³-hybridized carbons (Fsp3) is 0.833. The van der Waals surface area contributed by atoms with Gasteiger partial charge < -0.3 is 15.2 Å². The van der Waals surface area contributed by atoms with E-state index in [0.29, 0.717) is 0 Å². The number of carbonyl (C=O) groups is 4. The van der Waals surface area contributed by atoms with Crippen LogP contribution in [0.15, 0.2) is 0 Å². The number of carboxylic acids is 1. The molecule has 0 aromatic carbocycles. The zero-order chi connectivity index (χ0) is 24.5. The van der Waals surface area contributed by atoms with E-state index in [4.69, 9.17) is 9.84 Å². The molecule has 0 unspecified atom stereocenters. The minimum Gasteiger partial charge on any atom is -0.481 e. The van der Waals surface area contributed by atoms with E-state index in [1.54, 1.807) is 27.8 Å². The van der Waals surface area contributed by atoms with Crippen LogP contribution in [0.2, 0.25) is 0 Å². The average Bonchev–Trinajstić information content (AvgIpc) is 2.53. The van der Waals surface area contributed by atoms with Crippen LogP contribution in [0.5, 0.6) is 0 Å². The molecule has 31 heavy (non-hydrogen) atoms. The number of rotatable bonds is 4.